The average molecular weight is 271 g/mol. The predicted molar refractivity (Wildman–Crippen MR) is 73.2 cm³/mol. The van der Waals surface area contributed by atoms with E-state index in [2.05, 4.69) is 10.3 Å². The van der Waals surface area contributed by atoms with Crippen molar-refractivity contribution in [2.75, 3.05) is 5.32 Å². The monoisotopic (exact) mass is 271 g/mol. The first-order valence-corrected chi connectivity index (χ1v) is 6.04. The zero-order valence-corrected chi connectivity index (χ0v) is 10.4. The van der Waals surface area contributed by atoms with Gasteiger partial charge in [-0.1, -0.05) is 18.2 Å². The summed E-state index contributed by atoms with van der Waals surface area (Å²) >= 11 is 0. The van der Waals surface area contributed by atoms with E-state index in [0.29, 0.717) is 11.6 Å². The topological polar surface area (TPSA) is 29.9 Å². The highest BCUT2D eigenvalue weighted by molar-refractivity contribution is 5.55. The maximum absolute atomic E-state index is 13.3. The Morgan fingerprint density at radius 3 is 2.35 bits per heavy atom. The van der Waals surface area contributed by atoms with Crippen molar-refractivity contribution in [1.82, 2.24) is 9.55 Å². The molecule has 0 unspecified atom stereocenters. The molecular formula is C15H11F2N3. The minimum Gasteiger partial charge on any atom is -0.325 e. The average Bonchev–Trinajstić information content (AvgIpc) is 2.87. The van der Waals surface area contributed by atoms with Crippen molar-refractivity contribution < 1.29 is 8.78 Å². The molecule has 3 nitrogen and oxygen atoms in total. The molecule has 5 heteroatoms. The molecule has 0 spiro atoms. The van der Waals surface area contributed by atoms with Gasteiger partial charge in [-0.25, -0.2) is 13.8 Å². The van der Waals surface area contributed by atoms with Crippen LogP contribution in [-0.4, -0.2) is 9.55 Å². The summed E-state index contributed by atoms with van der Waals surface area (Å²) in [6.45, 7) is 0. The van der Waals surface area contributed by atoms with Crippen molar-refractivity contribution in [1.29, 1.82) is 0 Å². The summed E-state index contributed by atoms with van der Waals surface area (Å²) in [5.41, 5.74) is 1.22. The number of benzene rings is 2. The van der Waals surface area contributed by atoms with Crippen LogP contribution in [0.2, 0.25) is 0 Å². The lowest BCUT2D eigenvalue weighted by molar-refractivity contribution is 0.581. The smallest absolute Gasteiger partial charge is 0.212 e. The van der Waals surface area contributed by atoms with Gasteiger partial charge in [0.05, 0.1) is 5.69 Å². The normalized spacial score (nSPS) is 10.5. The Balaban J connectivity index is 1.98. The fourth-order valence-electron chi connectivity index (χ4n) is 1.93. The zero-order valence-electron chi connectivity index (χ0n) is 10.4. The highest BCUT2D eigenvalue weighted by atomic mass is 19.1. The number of nitrogens with zero attached hydrogens (tertiary/aromatic N) is 2. The fourth-order valence-corrected chi connectivity index (χ4v) is 1.93. The van der Waals surface area contributed by atoms with Gasteiger partial charge in [-0.15, -0.1) is 0 Å². The molecule has 0 amide bonds. The number of hydrogen-bond acceptors (Lipinski definition) is 2. The Hall–Kier alpha value is -2.69. The molecule has 1 N–H and O–H groups in total. The first-order chi connectivity index (χ1) is 9.72. The van der Waals surface area contributed by atoms with Crippen molar-refractivity contribution in [3.8, 4) is 5.69 Å². The van der Waals surface area contributed by atoms with E-state index in [9.17, 15) is 8.78 Å². The SMILES string of the molecule is Fc1cc(F)cc(-n2ccnc2Nc2ccccc2)c1. The van der Waals surface area contributed by atoms with E-state index < -0.39 is 11.6 Å². The molecule has 100 valence electrons. The van der Waals surface area contributed by atoms with Gasteiger partial charge in [0.25, 0.3) is 0 Å². The molecule has 0 radical (unpaired) electrons. The summed E-state index contributed by atoms with van der Waals surface area (Å²) in [4.78, 5) is 4.15. The molecule has 2 aromatic carbocycles. The second-order valence-electron chi connectivity index (χ2n) is 4.24. The maximum atomic E-state index is 13.3. The third kappa shape index (κ3) is 2.51. The Kier molecular flexibility index (Phi) is 3.16. The number of hydrogen-bond donors (Lipinski definition) is 1. The second kappa shape index (κ2) is 5.13. The molecule has 0 aliphatic rings. The molecule has 0 aliphatic heterocycles. The number of anilines is 2. The van der Waals surface area contributed by atoms with E-state index in [-0.39, 0.29) is 0 Å². The van der Waals surface area contributed by atoms with Gasteiger partial charge < -0.3 is 5.32 Å². The summed E-state index contributed by atoms with van der Waals surface area (Å²) in [6, 6.07) is 12.8. The van der Waals surface area contributed by atoms with Crippen LogP contribution in [0.5, 0.6) is 0 Å². The summed E-state index contributed by atoms with van der Waals surface area (Å²) in [5, 5.41) is 3.10. The minimum absolute atomic E-state index is 0.374. The van der Waals surface area contributed by atoms with Crippen molar-refractivity contribution in [3.63, 3.8) is 0 Å². The van der Waals surface area contributed by atoms with Gasteiger partial charge in [0.1, 0.15) is 11.6 Å². The van der Waals surface area contributed by atoms with Crippen LogP contribution in [0.1, 0.15) is 0 Å². The van der Waals surface area contributed by atoms with Crippen LogP contribution in [0.3, 0.4) is 0 Å². The second-order valence-corrected chi connectivity index (χ2v) is 4.24. The Morgan fingerprint density at radius 2 is 1.65 bits per heavy atom. The van der Waals surface area contributed by atoms with Gasteiger partial charge >= 0.3 is 0 Å². The first kappa shape index (κ1) is 12.3. The molecule has 0 fully saturated rings. The predicted octanol–water partition coefficient (Wildman–Crippen LogP) is 3.89. The molecule has 3 rings (SSSR count). The lowest BCUT2D eigenvalue weighted by atomic mass is 10.3. The fraction of sp³-hybridized carbons (Fsp3) is 0. The largest absolute Gasteiger partial charge is 0.325 e. The van der Waals surface area contributed by atoms with Gasteiger partial charge in [0.15, 0.2) is 0 Å². The molecule has 1 heterocycles. The first-order valence-electron chi connectivity index (χ1n) is 6.04. The van der Waals surface area contributed by atoms with Crippen molar-refractivity contribution >= 4 is 11.6 Å². The molecule has 3 aromatic rings. The number of para-hydroxylation sites is 1. The highest BCUT2D eigenvalue weighted by Gasteiger charge is 2.08. The lowest BCUT2D eigenvalue weighted by Gasteiger charge is -2.10. The van der Waals surface area contributed by atoms with Crippen molar-refractivity contribution in [3.05, 3.63) is 72.6 Å². The van der Waals surface area contributed by atoms with Crippen molar-refractivity contribution in [2.45, 2.75) is 0 Å². The highest BCUT2D eigenvalue weighted by Crippen LogP contribution is 2.20. The molecule has 0 aliphatic carbocycles. The van der Waals surface area contributed by atoms with Crippen LogP contribution >= 0.6 is 0 Å². The minimum atomic E-state index is -0.626. The van der Waals surface area contributed by atoms with Crippen LogP contribution in [0.15, 0.2) is 60.9 Å². The number of aromatic nitrogens is 2. The molecule has 0 saturated carbocycles. The van der Waals surface area contributed by atoms with Gasteiger partial charge in [-0.2, -0.15) is 0 Å². The Morgan fingerprint density at radius 1 is 0.950 bits per heavy atom. The third-order valence-corrected chi connectivity index (χ3v) is 2.80. The van der Waals surface area contributed by atoms with Gasteiger partial charge in [-0.3, -0.25) is 4.57 Å². The van der Waals surface area contributed by atoms with E-state index in [4.69, 9.17) is 0 Å². The summed E-state index contributed by atoms with van der Waals surface area (Å²) < 4.78 is 28.2. The van der Waals surface area contributed by atoms with Crippen LogP contribution in [0, 0.1) is 11.6 Å². The standard InChI is InChI=1S/C15H11F2N3/c16-11-8-12(17)10-14(9-11)20-7-6-18-15(20)19-13-4-2-1-3-5-13/h1-10H,(H,18,19). The number of rotatable bonds is 3. The van der Waals surface area contributed by atoms with Crippen LogP contribution in [-0.2, 0) is 0 Å². The van der Waals surface area contributed by atoms with Crippen LogP contribution in [0.25, 0.3) is 5.69 Å². The number of imidazole rings is 1. The van der Waals surface area contributed by atoms with E-state index in [1.165, 1.54) is 12.1 Å². The van der Waals surface area contributed by atoms with Crippen LogP contribution in [0.4, 0.5) is 20.4 Å². The Bertz CT molecular complexity index is 703. The number of nitrogens with one attached hydrogen (secondary N) is 1. The number of halogens is 2. The Labute approximate surface area is 114 Å². The quantitative estimate of drug-likeness (QED) is 0.783. The van der Waals surface area contributed by atoms with Crippen LogP contribution < -0.4 is 5.32 Å². The van der Waals surface area contributed by atoms with E-state index in [1.807, 2.05) is 30.3 Å². The van der Waals surface area contributed by atoms with E-state index in [0.717, 1.165) is 11.8 Å². The molecule has 0 saturated heterocycles. The van der Waals surface area contributed by atoms with E-state index >= 15 is 0 Å². The lowest BCUT2D eigenvalue weighted by Crippen LogP contribution is -2.02. The molecule has 0 bridgehead atoms. The summed E-state index contributed by atoms with van der Waals surface area (Å²) in [6.07, 6.45) is 3.20. The maximum Gasteiger partial charge on any atom is 0.212 e. The molecular weight excluding hydrogens is 260 g/mol. The van der Waals surface area contributed by atoms with Gasteiger partial charge in [-0.05, 0) is 24.3 Å². The van der Waals surface area contributed by atoms with Gasteiger partial charge in [0, 0.05) is 24.1 Å². The molecule has 20 heavy (non-hydrogen) atoms. The van der Waals surface area contributed by atoms with E-state index in [1.54, 1.807) is 17.0 Å². The molecule has 0 atom stereocenters. The molecule has 1 aromatic heterocycles. The third-order valence-electron chi connectivity index (χ3n) is 2.80. The van der Waals surface area contributed by atoms with Gasteiger partial charge in [0.2, 0.25) is 5.95 Å². The summed E-state index contributed by atoms with van der Waals surface area (Å²) in [7, 11) is 0. The summed E-state index contributed by atoms with van der Waals surface area (Å²) in [5.74, 6) is -0.764. The zero-order chi connectivity index (χ0) is 13.9. The van der Waals surface area contributed by atoms with Crippen molar-refractivity contribution in [2.24, 2.45) is 0 Å².